The van der Waals surface area contributed by atoms with E-state index in [0.29, 0.717) is 24.7 Å². The molecule has 0 radical (unpaired) electrons. The van der Waals surface area contributed by atoms with E-state index < -0.39 is 11.5 Å². The van der Waals surface area contributed by atoms with Crippen LogP contribution in [0.4, 0.5) is 0 Å². The van der Waals surface area contributed by atoms with Crippen molar-refractivity contribution in [3.8, 4) is 0 Å². The summed E-state index contributed by atoms with van der Waals surface area (Å²) < 4.78 is 5.20. The Kier molecular flexibility index (Phi) is 8.60. The third kappa shape index (κ3) is 7.92. The fraction of sp³-hybridized carbons (Fsp3) is 0.917. The van der Waals surface area contributed by atoms with Crippen molar-refractivity contribution in [2.45, 2.75) is 20.0 Å². The summed E-state index contributed by atoms with van der Waals surface area (Å²) in [5.74, 6) is 0.755. The summed E-state index contributed by atoms with van der Waals surface area (Å²) in [6.45, 7) is 4.49. The average molecular weight is 279 g/mol. The van der Waals surface area contributed by atoms with Gasteiger partial charge in [0.1, 0.15) is 6.61 Å². The molecule has 2 N–H and O–H groups in total. The molecule has 108 valence electrons. The number of ether oxygens (including phenoxy) is 1. The van der Waals surface area contributed by atoms with Crippen molar-refractivity contribution >= 4 is 17.7 Å². The van der Waals surface area contributed by atoms with Crippen LogP contribution in [0.25, 0.3) is 0 Å². The first-order chi connectivity index (χ1) is 8.29. The predicted octanol–water partition coefficient (Wildman–Crippen LogP) is 0.204. The summed E-state index contributed by atoms with van der Waals surface area (Å²) >= 11 is 1.44. The lowest BCUT2D eigenvalue weighted by molar-refractivity contribution is -0.152. The smallest absolute Gasteiger partial charge is 0.312 e. The molecule has 1 unspecified atom stereocenters. The molecule has 0 aliphatic carbocycles. The number of rotatable bonds is 9. The topological polar surface area (TPSA) is 70.0 Å². The molecule has 0 amide bonds. The SMILES string of the molecule is CN(C)CCOC(=O)C(C)(C)CSCC(O)CO. The van der Waals surface area contributed by atoms with Gasteiger partial charge in [-0.2, -0.15) is 11.8 Å². The van der Waals surface area contributed by atoms with Gasteiger partial charge in [-0.05, 0) is 27.9 Å². The van der Waals surface area contributed by atoms with Crippen LogP contribution >= 0.6 is 11.8 Å². The number of carbonyl (C=O) groups is 1. The minimum Gasteiger partial charge on any atom is -0.464 e. The number of aliphatic hydroxyl groups is 2. The molecule has 18 heavy (non-hydrogen) atoms. The molecule has 0 heterocycles. The van der Waals surface area contributed by atoms with Gasteiger partial charge in [0, 0.05) is 18.1 Å². The van der Waals surface area contributed by atoms with E-state index in [1.165, 1.54) is 11.8 Å². The van der Waals surface area contributed by atoms with E-state index in [0.717, 1.165) is 0 Å². The summed E-state index contributed by atoms with van der Waals surface area (Å²) in [5.41, 5.74) is -0.577. The number of hydrogen-bond donors (Lipinski definition) is 2. The highest BCUT2D eigenvalue weighted by molar-refractivity contribution is 7.99. The van der Waals surface area contributed by atoms with Crippen molar-refractivity contribution in [1.82, 2.24) is 4.90 Å². The first-order valence-electron chi connectivity index (χ1n) is 5.98. The van der Waals surface area contributed by atoms with E-state index >= 15 is 0 Å². The number of likely N-dealkylation sites (N-methyl/N-ethyl adjacent to an activating group) is 1. The molecule has 0 aliphatic heterocycles. The van der Waals surface area contributed by atoms with Gasteiger partial charge < -0.3 is 19.8 Å². The summed E-state index contributed by atoms with van der Waals surface area (Å²) in [5, 5.41) is 17.9. The largest absolute Gasteiger partial charge is 0.464 e. The molecule has 5 nitrogen and oxygen atoms in total. The zero-order chi connectivity index (χ0) is 14.2. The predicted molar refractivity (Wildman–Crippen MR) is 73.7 cm³/mol. The Morgan fingerprint density at radius 2 is 2.06 bits per heavy atom. The van der Waals surface area contributed by atoms with Gasteiger partial charge in [-0.15, -0.1) is 0 Å². The van der Waals surface area contributed by atoms with Gasteiger partial charge in [-0.1, -0.05) is 0 Å². The van der Waals surface area contributed by atoms with Crippen molar-refractivity contribution in [3.05, 3.63) is 0 Å². The number of esters is 1. The van der Waals surface area contributed by atoms with E-state index in [4.69, 9.17) is 9.84 Å². The van der Waals surface area contributed by atoms with E-state index in [9.17, 15) is 9.90 Å². The monoisotopic (exact) mass is 279 g/mol. The van der Waals surface area contributed by atoms with E-state index in [2.05, 4.69) is 0 Å². The highest BCUT2D eigenvalue weighted by Gasteiger charge is 2.29. The summed E-state index contributed by atoms with van der Waals surface area (Å²) in [6, 6.07) is 0. The molecule has 0 aromatic heterocycles. The van der Waals surface area contributed by atoms with E-state index in [1.54, 1.807) is 0 Å². The van der Waals surface area contributed by atoms with Crippen molar-refractivity contribution < 1.29 is 19.7 Å². The molecule has 0 rings (SSSR count). The van der Waals surface area contributed by atoms with Crippen molar-refractivity contribution in [2.24, 2.45) is 5.41 Å². The highest BCUT2D eigenvalue weighted by Crippen LogP contribution is 2.23. The normalized spacial score (nSPS) is 13.7. The number of nitrogens with zero attached hydrogens (tertiary/aromatic N) is 1. The lowest BCUT2D eigenvalue weighted by atomic mass is 9.97. The van der Waals surface area contributed by atoms with Crippen molar-refractivity contribution in [2.75, 3.05) is 45.4 Å². The Morgan fingerprint density at radius 1 is 1.44 bits per heavy atom. The zero-order valence-corrected chi connectivity index (χ0v) is 12.5. The molecule has 0 saturated carbocycles. The molecule has 0 aliphatic rings. The van der Waals surface area contributed by atoms with Gasteiger partial charge in [-0.3, -0.25) is 4.79 Å². The molecule has 6 heteroatoms. The minimum absolute atomic E-state index is 0.227. The molecule has 0 spiro atoms. The number of hydrogen-bond acceptors (Lipinski definition) is 6. The quantitative estimate of drug-likeness (QED) is 0.588. The molecule has 0 aromatic rings. The zero-order valence-electron chi connectivity index (χ0n) is 11.7. The fourth-order valence-electron chi connectivity index (χ4n) is 1.08. The van der Waals surface area contributed by atoms with Crippen LogP contribution in [0.1, 0.15) is 13.8 Å². The van der Waals surface area contributed by atoms with Crippen LogP contribution in [-0.2, 0) is 9.53 Å². The van der Waals surface area contributed by atoms with Crippen LogP contribution < -0.4 is 0 Å². The molecule has 0 fully saturated rings. The standard InChI is InChI=1S/C12H25NO4S/c1-12(2,9-18-8-10(15)7-14)11(16)17-6-5-13(3)4/h10,14-15H,5-9H2,1-4H3. The molecular weight excluding hydrogens is 254 g/mol. The van der Waals surface area contributed by atoms with E-state index in [1.807, 2.05) is 32.8 Å². The Balaban J connectivity index is 3.92. The number of carbonyl (C=O) groups excluding carboxylic acids is 1. The lowest BCUT2D eigenvalue weighted by Crippen LogP contribution is -2.32. The Hall–Kier alpha value is -0.300. The van der Waals surface area contributed by atoms with Gasteiger partial charge >= 0.3 is 5.97 Å². The molecule has 0 aromatic carbocycles. The maximum absolute atomic E-state index is 11.8. The second kappa shape index (κ2) is 8.74. The van der Waals surface area contributed by atoms with Gasteiger partial charge in [0.15, 0.2) is 0 Å². The Labute approximate surface area is 114 Å². The second-order valence-corrected chi connectivity index (χ2v) is 6.20. The average Bonchev–Trinajstić information content (AvgIpc) is 2.27. The fourth-order valence-corrected chi connectivity index (χ4v) is 2.20. The van der Waals surface area contributed by atoms with Crippen LogP contribution in [0.5, 0.6) is 0 Å². The summed E-state index contributed by atoms with van der Waals surface area (Å²) in [4.78, 5) is 13.8. The first-order valence-corrected chi connectivity index (χ1v) is 7.13. The number of aliphatic hydroxyl groups excluding tert-OH is 2. The summed E-state index contributed by atoms with van der Waals surface area (Å²) in [6.07, 6.45) is -0.726. The number of thioether (sulfide) groups is 1. The van der Waals surface area contributed by atoms with Gasteiger partial charge in [0.25, 0.3) is 0 Å². The molecular formula is C12H25NO4S. The van der Waals surface area contributed by atoms with Gasteiger partial charge in [0.2, 0.25) is 0 Å². The first kappa shape index (κ1) is 17.7. The van der Waals surface area contributed by atoms with Crippen LogP contribution in [0.15, 0.2) is 0 Å². The second-order valence-electron chi connectivity index (χ2n) is 5.17. The highest BCUT2D eigenvalue weighted by atomic mass is 32.2. The Bertz CT molecular complexity index is 246. The van der Waals surface area contributed by atoms with Crippen LogP contribution in [0.3, 0.4) is 0 Å². The van der Waals surface area contributed by atoms with Crippen molar-refractivity contribution in [3.63, 3.8) is 0 Å². The van der Waals surface area contributed by atoms with Crippen LogP contribution in [0.2, 0.25) is 0 Å². The van der Waals surface area contributed by atoms with Gasteiger partial charge in [-0.25, -0.2) is 0 Å². The third-order valence-electron chi connectivity index (χ3n) is 2.31. The summed E-state index contributed by atoms with van der Waals surface area (Å²) in [7, 11) is 3.84. The van der Waals surface area contributed by atoms with Crippen LogP contribution in [0, 0.1) is 5.41 Å². The Morgan fingerprint density at radius 3 is 2.56 bits per heavy atom. The van der Waals surface area contributed by atoms with Gasteiger partial charge in [0.05, 0.1) is 18.1 Å². The van der Waals surface area contributed by atoms with E-state index in [-0.39, 0.29) is 12.6 Å². The van der Waals surface area contributed by atoms with Crippen LogP contribution in [-0.4, -0.2) is 72.5 Å². The molecule has 1 atom stereocenters. The maximum Gasteiger partial charge on any atom is 0.312 e. The lowest BCUT2D eigenvalue weighted by Gasteiger charge is -2.23. The molecule has 0 saturated heterocycles. The minimum atomic E-state index is -0.726. The maximum atomic E-state index is 11.8. The molecule has 0 bridgehead atoms. The van der Waals surface area contributed by atoms with Crippen molar-refractivity contribution in [1.29, 1.82) is 0 Å². The third-order valence-corrected chi connectivity index (χ3v) is 3.85.